The number of guanidine groups is 1. The van der Waals surface area contributed by atoms with Crippen LogP contribution in [0.5, 0.6) is 0 Å². The van der Waals surface area contributed by atoms with Gasteiger partial charge in [0, 0.05) is 6.04 Å². The van der Waals surface area contributed by atoms with E-state index in [0.717, 1.165) is 6.42 Å². The number of hydrogen-bond donors (Lipinski definition) is 2. The number of amidine groups is 1. The molecule has 1 heterocycles. The van der Waals surface area contributed by atoms with Crippen LogP contribution in [-0.4, -0.2) is 42.3 Å². The van der Waals surface area contributed by atoms with Gasteiger partial charge in [0.15, 0.2) is 0 Å². The molecule has 1 aliphatic heterocycles. The Hall–Kier alpha value is -1.59. The zero-order chi connectivity index (χ0) is 11.3. The van der Waals surface area contributed by atoms with Gasteiger partial charge in [-0.15, -0.1) is 0 Å². The lowest BCUT2D eigenvalue weighted by molar-refractivity contribution is 0.340. The van der Waals surface area contributed by atoms with Crippen LogP contribution in [0.25, 0.3) is 0 Å². The standard InChI is InChI=1S/C9H18N6/c1-3-7(2)15-5-12-4-8(10)14-9(11)13-6-15/h5,7H,3-4,6H2,1-2H3,(H4,10,11,13,14). The molecule has 1 atom stereocenters. The van der Waals surface area contributed by atoms with Gasteiger partial charge in [0.2, 0.25) is 5.96 Å². The summed E-state index contributed by atoms with van der Waals surface area (Å²) in [7, 11) is 0. The minimum Gasteiger partial charge on any atom is -0.385 e. The average Bonchev–Trinajstić information content (AvgIpc) is 2.28. The summed E-state index contributed by atoms with van der Waals surface area (Å²) >= 11 is 0. The van der Waals surface area contributed by atoms with E-state index in [0.29, 0.717) is 25.1 Å². The minimum atomic E-state index is 0.214. The second-order valence-corrected chi connectivity index (χ2v) is 3.49. The molecule has 0 radical (unpaired) electrons. The Labute approximate surface area is 89.8 Å². The zero-order valence-electron chi connectivity index (χ0n) is 9.22. The first-order valence-electron chi connectivity index (χ1n) is 5.02. The van der Waals surface area contributed by atoms with Crippen LogP contribution < -0.4 is 11.5 Å². The van der Waals surface area contributed by atoms with E-state index in [2.05, 4.69) is 28.8 Å². The van der Waals surface area contributed by atoms with Crippen molar-refractivity contribution in [2.24, 2.45) is 26.4 Å². The third-order valence-corrected chi connectivity index (χ3v) is 2.29. The SMILES string of the molecule is CCC(C)N1C=NCC(N)=NC(N)=NC1. The molecule has 1 aliphatic rings. The van der Waals surface area contributed by atoms with Crippen molar-refractivity contribution in [3.8, 4) is 0 Å². The predicted molar refractivity (Wildman–Crippen MR) is 63.1 cm³/mol. The minimum absolute atomic E-state index is 0.214. The highest BCUT2D eigenvalue weighted by Crippen LogP contribution is 2.01. The van der Waals surface area contributed by atoms with Crippen molar-refractivity contribution in [2.45, 2.75) is 26.3 Å². The molecule has 4 N–H and O–H groups in total. The highest BCUT2D eigenvalue weighted by molar-refractivity contribution is 5.96. The number of hydrogen-bond acceptors (Lipinski definition) is 6. The molecule has 0 aromatic carbocycles. The van der Waals surface area contributed by atoms with E-state index in [1.54, 1.807) is 6.34 Å². The molecule has 6 heteroatoms. The summed E-state index contributed by atoms with van der Waals surface area (Å²) < 4.78 is 0. The Kier molecular flexibility index (Phi) is 4.08. The first kappa shape index (κ1) is 11.5. The molecule has 84 valence electrons. The van der Waals surface area contributed by atoms with Crippen molar-refractivity contribution in [1.82, 2.24) is 4.90 Å². The summed E-state index contributed by atoms with van der Waals surface area (Å²) in [5.74, 6) is 0.602. The smallest absolute Gasteiger partial charge is 0.218 e. The van der Waals surface area contributed by atoms with Gasteiger partial charge in [-0.05, 0) is 13.3 Å². The van der Waals surface area contributed by atoms with E-state index in [9.17, 15) is 0 Å². The molecule has 0 bridgehead atoms. The first-order valence-corrected chi connectivity index (χ1v) is 5.02. The normalized spacial score (nSPS) is 19.7. The maximum atomic E-state index is 5.57. The number of aliphatic imine (C=N–C) groups is 3. The lowest BCUT2D eigenvalue weighted by Gasteiger charge is -2.23. The summed E-state index contributed by atoms with van der Waals surface area (Å²) in [5, 5.41) is 0. The molecule has 15 heavy (non-hydrogen) atoms. The van der Waals surface area contributed by atoms with Crippen LogP contribution in [0, 0.1) is 0 Å². The summed E-state index contributed by atoms with van der Waals surface area (Å²) in [6.45, 7) is 5.06. The fourth-order valence-corrected chi connectivity index (χ4v) is 1.14. The Morgan fingerprint density at radius 2 is 2.27 bits per heavy atom. The molecule has 0 aliphatic carbocycles. The second kappa shape index (κ2) is 5.33. The van der Waals surface area contributed by atoms with Gasteiger partial charge in [0.1, 0.15) is 12.5 Å². The molecule has 0 aromatic rings. The molecule has 1 unspecified atom stereocenters. The number of nitrogens with zero attached hydrogens (tertiary/aromatic N) is 4. The maximum absolute atomic E-state index is 5.57. The lowest BCUT2D eigenvalue weighted by Crippen LogP contribution is -2.32. The van der Waals surface area contributed by atoms with E-state index in [1.807, 2.05) is 4.90 Å². The van der Waals surface area contributed by atoms with E-state index >= 15 is 0 Å². The largest absolute Gasteiger partial charge is 0.385 e. The molecule has 1 rings (SSSR count). The van der Waals surface area contributed by atoms with Gasteiger partial charge in [-0.25, -0.2) is 4.99 Å². The average molecular weight is 210 g/mol. The van der Waals surface area contributed by atoms with Crippen molar-refractivity contribution in [3.05, 3.63) is 0 Å². The van der Waals surface area contributed by atoms with Crippen molar-refractivity contribution in [1.29, 1.82) is 0 Å². The molecule has 0 saturated heterocycles. The Morgan fingerprint density at radius 1 is 1.53 bits per heavy atom. The molecular weight excluding hydrogens is 192 g/mol. The van der Waals surface area contributed by atoms with Crippen molar-refractivity contribution in [3.63, 3.8) is 0 Å². The Bertz CT molecular complexity index is 293. The van der Waals surface area contributed by atoms with Crippen LogP contribution in [0.1, 0.15) is 20.3 Å². The second-order valence-electron chi connectivity index (χ2n) is 3.49. The van der Waals surface area contributed by atoms with Crippen LogP contribution >= 0.6 is 0 Å². The summed E-state index contributed by atoms with van der Waals surface area (Å²) in [4.78, 5) is 14.2. The highest BCUT2D eigenvalue weighted by Gasteiger charge is 2.08. The molecule has 6 nitrogen and oxygen atoms in total. The van der Waals surface area contributed by atoms with Gasteiger partial charge in [0.25, 0.3) is 0 Å². The highest BCUT2D eigenvalue weighted by atomic mass is 15.3. The van der Waals surface area contributed by atoms with Crippen LogP contribution in [0.3, 0.4) is 0 Å². The van der Waals surface area contributed by atoms with Crippen molar-refractivity contribution < 1.29 is 0 Å². The Balaban J connectivity index is 2.77. The van der Waals surface area contributed by atoms with E-state index in [1.165, 1.54) is 0 Å². The topological polar surface area (TPSA) is 92.4 Å². The van der Waals surface area contributed by atoms with Crippen LogP contribution in [0.4, 0.5) is 0 Å². The molecule has 0 spiro atoms. The quantitative estimate of drug-likeness (QED) is 0.658. The molecule has 0 aromatic heterocycles. The van der Waals surface area contributed by atoms with Crippen LogP contribution in [0.15, 0.2) is 15.0 Å². The summed E-state index contributed by atoms with van der Waals surface area (Å²) in [6.07, 6.45) is 2.79. The molecule has 0 amide bonds. The fraction of sp³-hybridized carbons (Fsp3) is 0.667. The van der Waals surface area contributed by atoms with Crippen LogP contribution in [0.2, 0.25) is 0 Å². The third-order valence-electron chi connectivity index (χ3n) is 2.29. The van der Waals surface area contributed by atoms with E-state index < -0.39 is 0 Å². The van der Waals surface area contributed by atoms with Gasteiger partial charge in [-0.1, -0.05) is 6.92 Å². The van der Waals surface area contributed by atoms with Gasteiger partial charge in [0.05, 0.1) is 12.9 Å². The summed E-state index contributed by atoms with van der Waals surface area (Å²) in [5.41, 5.74) is 11.1. The molecule has 0 fully saturated rings. The molecule has 0 saturated carbocycles. The lowest BCUT2D eigenvalue weighted by atomic mass is 10.2. The maximum Gasteiger partial charge on any atom is 0.218 e. The molecular formula is C9H18N6. The Morgan fingerprint density at radius 3 is 2.93 bits per heavy atom. The van der Waals surface area contributed by atoms with Gasteiger partial charge >= 0.3 is 0 Å². The number of rotatable bonds is 2. The zero-order valence-corrected chi connectivity index (χ0v) is 9.22. The van der Waals surface area contributed by atoms with Gasteiger partial charge in [-0.2, -0.15) is 4.99 Å². The first-order chi connectivity index (χ1) is 7.13. The van der Waals surface area contributed by atoms with E-state index in [4.69, 9.17) is 11.5 Å². The van der Waals surface area contributed by atoms with E-state index in [-0.39, 0.29) is 5.96 Å². The third kappa shape index (κ3) is 3.57. The monoisotopic (exact) mass is 210 g/mol. The van der Waals surface area contributed by atoms with Crippen LogP contribution in [-0.2, 0) is 0 Å². The van der Waals surface area contributed by atoms with Crippen molar-refractivity contribution >= 4 is 18.1 Å². The predicted octanol–water partition coefficient (Wildman–Crippen LogP) is -0.242. The summed E-state index contributed by atoms with van der Waals surface area (Å²) in [6, 6.07) is 0.379. The van der Waals surface area contributed by atoms with Gasteiger partial charge < -0.3 is 16.4 Å². The fourth-order valence-electron chi connectivity index (χ4n) is 1.14. The van der Waals surface area contributed by atoms with Crippen molar-refractivity contribution in [2.75, 3.05) is 13.2 Å². The number of nitrogens with two attached hydrogens (primary N) is 2. The van der Waals surface area contributed by atoms with Gasteiger partial charge in [-0.3, -0.25) is 4.99 Å².